The molecule has 0 amide bonds. The third-order valence-corrected chi connectivity index (χ3v) is 13.4. The molecule has 306 valence electrons. The minimum Gasteiger partial charge on any atom is -0.456 e. The average Bonchev–Trinajstić information content (AvgIpc) is 4.13. The number of hydrogen-bond acceptors (Lipinski definition) is 6. The van der Waals surface area contributed by atoms with E-state index in [9.17, 15) is 0 Å². The fourth-order valence-electron chi connectivity index (χ4n) is 10.4. The first-order chi connectivity index (χ1) is 32.7. The van der Waals surface area contributed by atoms with Crippen molar-refractivity contribution in [1.82, 2.24) is 19.5 Å². The van der Waals surface area contributed by atoms with E-state index < -0.39 is 0 Å². The van der Waals surface area contributed by atoms with Crippen LogP contribution >= 0.6 is 0 Å². The van der Waals surface area contributed by atoms with E-state index in [4.69, 9.17) is 28.2 Å². The SMILES string of the molecule is c1ccc2cc3c(cc2c1)c1c2ccccc2ccc1n3-c1ccc2oc3ccccc3c2c1-c1nc(-c2ccc3c(c2)oc2ccccc23)nc(-c2ccc3c(c2)oc2ccccc23)n1. The molecule has 0 aliphatic carbocycles. The van der Waals surface area contributed by atoms with Gasteiger partial charge in [0.15, 0.2) is 17.5 Å². The zero-order chi connectivity index (χ0) is 43.0. The van der Waals surface area contributed by atoms with Gasteiger partial charge in [0.05, 0.1) is 22.3 Å². The van der Waals surface area contributed by atoms with Crippen molar-refractivity contribution in [3.63, 3.8) is 0 Å². The fraction of sp³-hybridized carbons (Fsp3) is 0. The van der Waals surface area contributed by atoms with Crippen LogP contribution in [0.1, 0.15) is 0 Å². The number of benzene rings is 10. The van der Waals surface area contributed by atoms with Crippen LogP contribution in [0.15, 0.2) is 207 Å². The Morgan fingerprint density at radius 3 is 1.48 bits per heavy atom. The number of rotatable bonds is 4. The predicted molar refractivity (Wildman–Crippen MR) is 267 cm³/mol. The molecule has 15 rings (SSSR count). The molecule has 0 fully saturated rings. The van der Waals surface area contributed by atoms with Gasteiger partial charge >= 0.3 is 0 Å². The van der Waals surface area contributed by atoms with Crippen LogP contribution in [0.3, 0.4) is 0 Å². The quantitative estimate of drug-likeness (QED) is 0.175. The molecule has 0 saturated heterocycles. The molecule has 0 aliphatic heterocycles. The Balaban J connectivity index is 1.07. The van der Waals surface area contributed by atoms with E-state index >= 15 is 0 Å². The Morgan fingerprint density at radius 2 is 0.818 bits per heavy atom. The van der Waals surface area contributed by atoms with E-state index in [0.29, 0.717) is 17.5 Å². The average molecular weight is 845 g/mol. The minimum absolute atomic E-state index is 0.508. The molecule has 0 saturated carbocycles. The van der Waals surface area contributed by atoms with Crippen LogP contribution < -0.4 is 0 Å². The number of aromatic nitrogens is 4. The normalized spacial score (nSPS) is 12.2. The molecule has 66 heavy (non-hydrogen) atoms. The number of furan rings is 3. The molecule has 0 N–H and O–H groups in total. The van der Waals surface area contributed by atoms with E-state index in [-0.39, 0.29) is 0 Å². The maximum Gasteiger partial charge on any atom is 0.166 e. The summed E-state index contributed by atoms with van der Waals surface area (Å²) in [5, 5.41) is 13.1. The van der Waals surface area contributed by atoms with E-state index in [1.807, 2.05) is 60.7 Å². The third-order valence-electron chi connectivity index (χ3n) is 13.4. The van der Waals surface area contributed by atoms with Crippen LogP contribution in [0, 0.1) is 0 Å². The highest BCUT2D eigenvalue weighted by molar-refractivity contribution is 6.24. The van der Waals surface area contributed by atoms with Crippen LogP contribution in [0.2, 0.25) is 0 Å². The zero-order valence-corrected chi connectivity index (χ0v) is 35.0. The second-order valence-electron chi connectivity index (χ2n) is 17.1. The first-order valence-electron chi connectivity index (χ1n) is 22.1. The Morgan fingerprint density at radius 1 is 0.303 bits per heavy atom. The first kappa shape index (κ1) is 35.4. The van der Waals surface area contributed by atoms with Crippen molar-refractivity contribution >= 4 is 109 Å². The molecular weight excluding hydrogens is 813 g/mol. The third kappa shape index (κ3) is 5.05. The maximum atomic E-state index is 6.66. The van der Waals surface area contributed by atoms with Crippen LogP contribution in [-0.2, 0) is 0 Å². The van der Waals surface area contributed by atoms with Gasteiger partial charge in [0.25, 0.3) is 0 Å². The molecule has 7 nitrogen and oxygen atoms in total. The van der Waals surface area contributed by atoms with Gasteiger partial charge in [-0.15, -0.1) is 0 Å². The number of nitrogens with zero attached hydrogens (tertiary/aromatic N) is 4. The van der Waals surface area contributed by atoms with Gasteiger partial charge in [-0.25, -0.2) is 15.0 Å². The molecule has 0 spiro atoms. The van der Waals surface area contributed by atoms with Crippen LogP contribution in [0.5, 0.6) is 0 Å². The largest absolute Gasteiger partial charge is 0.456 e. The van der Waals surface area contributed by atoms with Crippen molar-refractivity contribution in [3.05, 3.63) is 194 Å². The van der Waals surface area contributed by atoms with Crippen LogP contribution in [0.25, 0.3) is 149 Å². The Kier molecular flexibility index (Phi) is 7.10. The molecule has 10 aromatic carbocycles. The molecule has 5 heterocycles. The molecule has 15 aromatic rings. The van der Waals surface area contributed by atoms with E-state index in [2.05, 4.69) is 138 Å². The lowest BCUT2D eigenvalue weighted by Crippen LogP contribution is -2.04. The highest BCUT2D eigenvalue weighted by atomic mass is 16.3. The number of hydrogen-bond donors (Lipinski definition) is 0. The van der Waals surface area contributed by atoms with E-state index in [1.54, 1.807) is 0 Å². The zero-order valence-electron chi connectivity index (χ0n) is 35.0. The van der Waals surface area contributed by atoms with Gasteiger partial charge in [0.1, 0.15) is 33.5 Å². The Labute approximate surface area is 374 Å². The number of para-hydroxylation sites is 3. The van der Waals surface area contributed by atoms with Gasteiger partial charge in [0.2, 0.25) is 0 Å². The summed E-state index contributed by atoms with van der Waals surface area (Å²) in [6.07, 6.45) is 0. The highest BCUT2D eigenvalue weighted by Crippen LogP contribution is 2.45. The molecule has 7 heteroatoms. The summed E-state index contributed by atoms with van der Waals surface area (Å²) in [7, 11) is 0. The van der Waals surface area contributed by atoms with Crippen molar-refractivity contribution < 1.29 is 13.3 Å². The van der Waals surface area contributed by atoms with Crippen LogP contribution in [-0.4, -0.2) is 19.5 Å². The summed E-state index contributed by atoms with van der Waals surface area (Å²) < 4.78 is 21.9. The molecule has 0 radical (unpaired) electrons. The molecule has 0 aliphatic rings. The summed E-state index contributed by atoms with van der Waals surface area (Å²) in [5.41, 5.74) is 10.2. The lowest BCUT2D eigenvalue weighted by Gasteiger charge is -2.16. The van der Waals surface area contributed by atoms with Crippen molar-refractivity contribution in [1.29, 1.82) is 0 Å². The summed E-state index contributed by atoms with van der Waals surface area (Å²) in [6.45, 7) is 0. The first-order valence-corrected chi connectivity index (χ1v) is 22.1. The van der Waals surface area contributed by atoms with E-state index in [0.717, 1.165) is 105 Å². The van der Waals surface area contributed by atoms with Crippen LogP contribution in [0.4, 0.5) is 0 Å². The Bertz CT molecular complexity index is 4420. The Hall–Kier alpha value is -9.07. The van der Waals surface area contributed by atoms with Crippen molar-refractivity contribution in [2.75, 3.05) is 0 Å². The maximum absolute atomic E-state index is 6.66. The summed E-state index contributed by atoms with van der Waals surface area (Å²) in [5.74, 6) is 1.53. The fourth-order valence-corrected chi connectivity index (χ4v) is 10.4. The van der Waals surface area contributed by atoms with Gasteiger partial charge < -0.3 is 17.8 Å². The van der Waals surface area contributed by atoms with Gasteiger partial charge in [-0.2, -0.15) is 0 Å². The topological polar surface area (TPSA) is 83.0 Å². The van der Waals surface area contributed by atoms with Crippen molar-refractivity contribution in [2.45, 2.75) is 0 Å². The lowest BCUT2D eigenvalue weighted by atomic mass is 10.0. The molecule has 5 aromatic heterocycles. The smallest absolute Gasteiger partial charge is 0.166 e. The predicted octanol–water partition coefficient (Wildman–Crippen LogP) is 16.0. The van der Waals surface area contributed by atoms with Crippen molar-refractivity contribution in [3.8, 4) is 39.9 Å². The standard InChI is InChI=1S/C59H32N4O3/c1-2-13-35-30-47-44(29-34(35)12-1)54-38-14-4-3-11-33(38)23-26-45(54)63(47)46-27-28-51-55(43-17-7-10-20-50(43)64-51)56(46)59-61-57(36-21-24-41-39-15-5-8-18-48(39)65-52(41)31-36)60-58(62-59)37-22-25-42-40-16-6-9-19-49(40)66-53(42)32-37/h1-32H. The summed E-state index contributed by atoms with van der Waals surface area (Å²) >= 11 is 0. The van der Waals surface area contributed by atoms with E-state index in [1.165, 1.54) is 26.9 Å². The highest BCUT2D eigenvalue weighted by Gasteiger charge is 2.26. The van der Waals surface area contributed by atoms with Gasteiger partial charge in [-0.3, -0.25) is 0 Å². The molecule has 0 bridgehead atoms. The molecule has 0 atom stereocenters. The summed E-state index contributed by atoms with van der Waals surface area (Å²) in [4.78, 5) is 16.2. The van der Waals surface area contributed by atoms with Gasteiger partial charge in [0, 0.05) is 54.2 Å². The molecule has 0 unspecified atom stereocenters. The second kappa shape index (κ2) is 13.2. The minimum atomic E-state index is 0.508. The lowest BCUT2D eigenvalue weighted by molar-refractivity contribution is 0.668. The monoisotopic (exact) mass is 844 g/mol. The second-order valence-corrected chi connectivity index (χ2v) is 17.1. The summed E-state index contributed by atoms with van der Waals surface area (Å²) in [6, 6.07) is 67.5. The van der Waals surface area contributed by atoms with Gasteiger partial charge in [-0.1, -0.05) is 121 Å². The number of fused-ring (bicyclic) bond motifs is 15. The molecular formula is C59H32N4O3. The van der Waals surface area contributed by atoms with Gasteiger partial charge in [-0.05, 0) is 94.3 Å². The van der Waals surface area contributed by atoms with Crippen molar-refractivity contribution in [2.24, 2.45) is 0 Å².